The Bertz CT molecular complexity index is 826. The maximum absolute atomic E-state index is 11.8. The fourth-order valence-electron chi connectivity index (χ4n) is 3.38. The molecule has 3 rings (SSSR count). The number of rotatable bonds is 6. The van der Waals surface area contributed by atoms with Crippen molar-refractivity contribution in [1.29, 1.82) is 0 Å². The normalized spacial score (nSPS) is 15.2. The topological polar surface area (TPSA) is 66.0 Å². The summed E-state index contributed by atoms with van der Waals surface area (Å²) in [6.45, 7) is 6.28. The number of piperidine rings is 1. The molecule has 1 aliphatic rings. The molecule has 1 fully saturated rings. The largest absolute Gasteiger partial charge is 0.490 e. The molecule has 0 radical (unpaired) electrons. The second kappa shape index (κ2) is 10.7. The number of benzene rings is 2. The number of amides is 1. The van der Waals surface area contributed by atoms with E-state index < -0.39 is 0 Å². The second-order valence-electron chi connectivity index (χ2n) is 7.86. The van der Waals surface area contributed by atoms with Gasteiger partial charge in [0.1, 0.15) is 11.9 Å². The second-order valence-corrected chi connectivity index (χ2v) is 7.86. The van der Waals surface area contributed by atoms with Crippen molar-refractivity contribution in [3.63, 3.8) is 0 Å². The molecular weight excluding hydrogens is 376 g/mol. The molecule has 1 amide bonds. The minimum atomic E-state index is -0.0306. The van der Waals surface area contributed by atoms with Crippen LogP contribution in [-0.2, 0) is 11.3 Å². The molecule has 0 aromatic heterocycles. The van der Waals surface area contributed by atoms with Gasteiger partial charge >= 0.3 is 0 Å². The number of carbonyl (C=O) groups is 1. The van der Waals surface area contributed by atoms with Crippen LogP contribution in [0.4, 0.5) is 5.69 Å². The Hall–Kier alpha value is -3.02. The van der Waals surface area contributed by atoms with E-state index in [-0.39, 0.29) is 17.9 Å². The van der Waals surface area contributed by atoms with Gasteiger partial charge < -0.3 is 20.3 Å². The molecule has 2 N–H and O–H groups in total. The number of hydrogen-bond donors (Lipinski definition) is 2. The molecule has 1 heterocycles. The first-order chi connectivity index (χ1) is 14.5. The maximum Gasteiger partial charge on any atom is 0.226 e. The third kappa shape index (κ3) is 6.24. The van der Waals surface area contributed by atoms with Crippen LogP contribution >= 0.6 is 0 Å². The standard InChI is InChI=1S/C24H32N4O2/c1-18(2)23(29)27-20-11-9-19(10-12-20)17-26-24(25-3)28-15-13-22(14-16-28)30-21-7-5-4-6-8-21/h4-12,18,22H,13-17H2,1-3H3,(H,25,26)(H,27,29). The Labute approximate surface area is 179 Å². The van der Waals surface area contributed by atoms with Crippen LogP contribution in [0.5, 0.6) is 5.75 Å². The number of para-hydroxylation sites is 1. The van der Waals surface area contributed by atoms with Gasteiger partial charge in [0.15, 0.2) is 5.96 Å². The molecule has 0 saturated carbocycles. The third-order valence-electron chi connectivity index (χ3n) is 5.20. The average Bonchev–Trinajstić information content (AvgIpc) is 2.77. The van der Waals surface area contributed by atoms with E-state index in [0.717, 1.165) is 48.9 Å². The fraction of sp³-hybridized carbons (Fsp3) is 0.417. The Kier molecular flexibility index (Phi) is 7.71. The molecule has 0 aliphatic carbocycles. The van der Waals surface area contributed by atoms with E-state index in [4.69, 9.17) is 4.74 Å². The fourth-order valence-corrected chi connectivity index (χ4v) is 3.38. The van der Waals surface area contributed by atoms with Crippen molar-refractivity contribution in [3.8, 4) is 5.75 Å². The lowest BCUT2D eigenvalue weighted by atomic mass is 10.1. The highest BCUT2D eigenvalue weighted by atomic mass is 16.5. The van der Waals surface area contributed by atoms with Gasteiger partial charge in [-0.3, -0.25) is 9.79 Å². The summed E-state index contributed by atoms with van der Waals surface area (Å²) in [6, 6.07) is 17.9. The molecule has 0 bridgehead atoms. The van der Waals surface area contributed by atoms with Crippen molar-refractivity contribution in [1.82, 2.24) is 10.2 Å². The predicted octanol–water partition coefficient (Wildman–Crippen LogP) is 3.90. The smallest absolute Gasteiger partial charge is 0.226 e. The molecule has 2 aromatic carbocycles. The van der Waals surface area contributed by atoms with Crippen molar-refractivity contribution >= 4 is 17.6 Å². The Morgan fingerprint density at radius 1 is 1.10 bits per heavy atom. The van der Waals surface area contributed by atoms with Gasteiger partial charge in [-0.1, -0.05) is 44.2 Å². The van der Waals surface area contributed by atoms with Crippen LogP contribution in [0, 0.1) is 5.92 Å². The lowest BCUT2D eigenvalue weighted by molar-refractivity contribution is -0.118. The number of anilines is 1. The summed E-state index contributed by atoms with van der Waals surface area (Å²) in [5.74, 6) is 1.84. The number of likely N-dealkylation sites (tertiary alicyclic amines) is 1. The summed E-state index contributed by atoms with van der Waals surface area (Å²) in [6.07, 6.45) is 2.19. The minimum Gasteiger partial charge on any atom is -0.490 e. The van der Waals surface area contributed by atoms with Crippen LogP contribution in [0.3, 0.4) is 0 Å². The molecular formula is C24H32N4O2. The molecule has 30 heavy (non-hydrogen) atoms. The summed E-state index contributed by atoms with van der Waals surface area (Å²) in [5.41, 5.74) is 1.96. The lowest BCUT2D eigenvalue weighted by Gasteiger charge is -2.34. The van der Waals surface area contributed by atoms with Crippen molar-refractivity contribution in [2.45, 2.75) is 39.3 Å². The van der Waals surface area contributed by atoms with Crippen molar-refractivity contribution in [3.05, 3.63) is 60.2 Å². The minimum absolute atomic E-state index is 0.0286. The van der Waals surface area contributed by atoms with Gasteiger partial charge in [-0.2, -0.15) is 0 Å². The molecule has 6 heteroatoms. The van der Waals surface area contributed by atoms with Crippen LogP contribution in [-0.4, -0.2) is 43.0 Å². The zero-order valence-electron chi connectivity index (χ0n) is 18.1. The van der Waals surface area contributed by atoms with E-state index in [0.29, 0.717) is 6.54 Å². The van der Waals surface area contributed by atoms with Crippen LogP contribution in [0.25, 0.3) is 0 Å². The van der Waals surface area contributed by atoms with E-state index in [1.54, 1.807) is 0 Å². The summed E-state index contributed by atoms with van der Waals surface area (Å²) in [4.78, 5) is 18.5. The van der Waals surface area contributed by atoms with Gasteiger partial charge in [0.25, 0.3) is 0 Å². The zero-order chi connectivity index (χ0) is 21.3. The third-order valence-corrected chi connectivity index (χ3v) is 5.20. The molecule has 0 spiro atoms. The molecule has 0 unspecified atom stereocenters. The van der Waals surface area contributed by atoms with E-state index in [2.05, 4.69) is 20.5 Å². The number of nitrogens with zero attached hydrogens (tertiary/aromatic N) is 2. The zero-order valence-corrected chi connectivity index (χ0v) is 18.1. The summed E-state index contributed by atoms with van der Waals surface area (Å²) in [7, 11) is 1.82. The van der Waals surface area contributed by atoms with Crippen LogP contribution in [0.1, 0.15) is 32.3 Å². The number of nitrogens with one attached hydrogen (secondary N) is 2. The Morgan fingerprint density at radius 2 is 1.77 bits per heavy atom. The van der Waals surface area contributed by atoms with Gasteiger partial charge in [-0.25, -0.2) is 0 Å². The molecule has 2 aromatic rings. The van der Waals surface area contributed by atoms with E-state index >= 15 is 0 Å². The average molecular weight is 409 g/mol. The monoisotopic (exact) mass is 408 g/mol. The molecule has 1 saturated heterocycles. The van der Waals surface area contributed by atoms with Crippen molar-refractivity contribution in [2.24, 2.45) is 10.9 Å². The van der Waals surface area contributed by atoms with Gasteiger partial charge in [0.05, 0.1) is 0 Å². The molecule has 1 aliphatic heterocycles. The first kappa shape index (κ1) is 21.7. The van der Waals surface area contributed by atoms with E-state index in [1.165, 1.54) is 0 Å². The molecule has 160 valence electrons. The number of carbonyl (C=O) groups excluding carboxylic acids is 1. The molecule has 0 atom stereocenters. The summed E-state index contributed by atoms with van der Waals surface area (Å²) >= 11 is 0. The first-order valence-electron chi connectivity index (χ1n) is 10.6. The first-order valence-corrected chi connectivity index (χ1v) is 10.6. The Balaban J connectivity index is 1.45. The molecule has 6 nitrogen and oxygen atoms in total. The van der Waals surface area contributed by atoms with Crippen molar-refractivity contribution < 1.29 is 9.53 Å². The SMILES string of the molecule is CN=C(NCc1ccc(NC(=O)C(C)C)cc1)N1CCC(Oc2ccccc2)CC1. The summed E-state index contributed by atoms with van der Waals surface area (Å²) < 4.78 is 6.08. The predicted molar refractivity (Wildman–Crippen MR) is 122 cm³/mol. The highest BCUT2D eigenvalue weighted by Gasteiger charge is 2.22. The number of ether oxygens (including phenoxy) is 1. The Morgan fingerprint density at radius 3 is 2.37 bits per heavy atom. The maximum atomic E-state index is 11.8. The van der Waals surface area contributed by atoms with Gasteiger partial charge in [-0.05, 0) is 29.8 Å². The quantitative estimate of drug-likeness (QED) is 0.562. The van der Waals surface area contributed by atoms with Gasteiger partial charge in [0.2, 0.25) is 5.91 Å². The highest BCUT2D eigenvalue weighted by Crippen LogP contribution is 2.19. The lowest BCUT2D eigenvalue weighted by Crippen LogP contribution is -2.47. The number of hydrogen-bond acceptors (Lipinski definition) is 3. The van der Waals surface area contributed by atoms with Crippen LogP contribution in [0.2, 0.25) is 0 Å². The van der Waals surface area contributed by atoms with Crippen LogP contribution in [0.15, 0.2) is 59.6 Å². The van der Waals surface area contributed by atoms with E-state index in [9.17, 15) is 4.79 Å². The number of guanidine groups is 1. The number of aliphatic imine (C=N–C) groups is 1. The summed E-state index contributed by atoms with van der Waals surface area (Å²) in [5, 5.41) is 6.36. The van der Waals surface area contributed by atoms with Crippen molar-refractivity contribution in [2.75, 3.05) is 25.5 Å². The van der Waals surface area contributed by atoms with Crippen LogP contribution < -0.4 is 15.4 Å². The van der Waals surface area contributed by atoms with E-state index in [1.807, 2.05) is 75.5 Å². The van der Waals surface area contributed by atoms with Gasteiger partial charge in [0, 0.05) is 51.1 Å². The van der Waals surface area contributed by atoms with Gasteiger partial charge in [-0.15, -0.1) is 0 Å². The highest BCUT2D eigenvalue weighted by molar-refractivity contribution is 5.92.